The van der Waals surface area contributed by atoms with E-state index >= 15 is 0 Å². The van der Waals surface area contributed by atoms with E-state index in [1.54, 1.807) is 0 Å². The Balaban J connectivity index is 1.36. The van der Waals surface area contributed by atoms with Gasteiger partial charge in [-0.25, -0.2) is 0 Å². The largest absolute Gasteiger partial charge is 0.451 e. The predicted molar refractivity (Wildman–Crippen MR) is 112 cm³/mol. The van der Waals surface area contributed by atoms with Gasteiger partial charge in [0, 0.05) is 40.5 Å². The van der Waals surface area contributed by atoms with Crippen LogP contribution in [0.5, 0.6) is 0 Å². The molecule has 2 heterocycles. The highest BCUT2D eigenvalue weighted by atomic mass is 79.9. The number of aryl methyl sites for hydroxylation is 1. The molecule has 0 bridgehead atoms. The molecule has 1 saturated heterocycles. The molecule has 6 heteroatoms. The summed E-state index contributed by atoms with van der Waals surface area (Å²) in [5.74, 6) is 0.772. The van der Waals surface area contributed by atoms with Gasteiger partial charge >= 0.3 is 0 Å². The maximum atomic E-state index is 13.0. The molecule has 28 heavy (non-hydrogen) atoms. The lowest BCUT2D eigenvalue weighted by molar-refractivity contribution is -0.126. The zero-order valence-corrected chi connectivity index (χ0v) is 17.9. The van der Waals surface area contributed by atoms with Crippen molar-refractivity contribution in [2.45, 2.75) is 57.9 Å². The van der Waals surface area contributed by atoms with E-state index in [9.17, 15) is 9.59 Å². The van der Waals surface area contributed by atoms with Crippen LogP contribution in [0.3, 0.4) is 0 Å². The number of amides is 2. The van der Waals surface area contributed by atoms with Crippen LogP contribution < -0.4 is 5.32 Å². The van der Waals surface area contributed by atoms with Crippen LogP contribution in [-0.4, -0.2) is 35.8 Å². The highest BCUT2D eigenvalue weighted by Gasteiger charge is 2.29. The summed E-state index contributed by atoms with van der Waals surface area (Å²) in [7, 11) is 0. The average Bonchev–Trinajstić information content (AvgIpc) is 3.04. The van der Waals surface area contributed by atoms with Gasteiger partial charge in [-0.1, -0.05) is 35.2 Å². The number of nitrogens with one attached hydrogen (secondary N) is 1. The van der Waals surface area contributed by atoms with Crippen LogP contribution in [0, 0.1) is 12.8 Å². The minimum Gasteiger partial charge on any atom is -0.451 e. The van der Waals surface area contributed by atoms with E-state index in [0.717, 1.165) is 46.7 Å². The van der Waals surface area contributed by atoms with Gasteiger partial charge in [0.05, 0.1) is 0 Å². The monoisotopic (exact) mass is 446 g/mol. The molecule has 2 fully saturated rings. The third kappa shape index (κ3) is 3.97. The average molecular weight is 447 g/mol. The van der Waals surface area contributed by atoms with Gasteiger partial charge in [0.1, 0.15) is 5.58 Å². The van der Waals surface area contributed by atoms with E-state index in [4.69, 9.17) is 4.42 Å². The molecule has 0 atom stereocenters. The van der Waals surface area contributed by atoms with Crippen molar-refractivity contribution in [1.82, 2.24) is 10.2 Å². The van der Waals surface area contributed by atoms with Crippen molar-refractivity contribution in [3.05, 3.63) is 34.0 Å². The van der Waals surface area contributed by atoms with Crippen LogP contribution in [-0.2, 0) is 4.79 Å². The van der Waals surface area contributed by atoms with Crippen molar-refractivity contribution >= 4 is 38.7 Å². The van der Waals surface area contributed by atoms with Crippen LogP contribution in [0.15, 0.2) is 27.1 Å². The summed E-state index contributed by atoms with van der Waals surface area (Å²) in [5, 5.41) is 4.19. The van der Waals surface area contributed by atoms with E-state index in [1.165, 1.54) is 19.3 Å². The number of carbonyl (C=O) groups excluding carboxylic acids is 2. The molecular weight excluding hydrogens is 420 g/mol. The van der Waals surface area contributed by atoms with Crippen molar-refractivity contribution in [3.8, 4) is 0 Å². The number of hydrogen-bond acceptors (Lipinski definition) is 3. The number of likely N-dealkylation sites (tertiary alicyclic amines) is 1. The molecule has 2 aliphatic rings. The third-order valence-electron chi connectivity index (χ3n) is 6.20. The molecule has 1 aromatic heterocycles. The van der Waals surface area contributed by atoms with E-state index in [0.29, 0.717) is 18.8 Å². The van der Waals surface area contributed by atoms with Crippen molar-refractivity contribution in [2.24, 2.45) is 5.92 Å². The molecule has 1 N–H and O–H groups in total. The first-order valence-electron chi connectivity index (χ1n) is 10.3. The van der Waals surface area contributed by atoms with Crippen LogP contribution in [0.2, 0.25) is 0 Å². The number of nitrogens with zero attached hydrogens (tertiary/aromatic N) is 1. The summed E-state index contributed by atoms with van der Waals surface area (Å²) in [6.45, 7) is 3.23. The van der Waals surface area contributed by atoms with E-state index in [1.807, 2.05) is 30.0 Å². The number of piperidine rings is 1. The fourth-order valence-corrected chi connectivity index (χ4v) is 4.81. The van der Waals surface area contributed by atoms with Gasteiger partial charge in [0.25, 0.3) is 5.91 Å². The summed E-state index contributed by atoms with van der Waals surface area (Å²) in [6.07, 6.45) is 7.22. The molecule has 0 radical (unpaired) electrons. The molecule has 2 amide bonds. The first-order valence-corrected chi connectivity index (χ1v) is 11.1. The Kier molecular flexibility index (Phi) is 5.76. The Labute approximate surface area is 174 Å². The molecule has 2 aromatic rings. The SMILES string of the molecule is Cc1c(C(=O)N2CCC(NC(=O)C3CCCCC3)CC2)oc2ccc(Br)cc12. The summed E-state index contributed by atoms with van der Waals surface area (Å²) in [5.41, 5.74) is 1.62. The summed E-state index contributed by atoms with van der Waals surface area (Å²) >= 11 is 3.47. The van der Waals surface area contributed by atoms with Gasteiger partial charge in [-0.3, -0.25) is 9.59 Å². The topological polar surface area (TPSA) is 62.6 Å². The molecule has 5 nitrogen and oxygen atoms in total. The van der Waals surface area contributed by atoms with Crippen LogP contribution in [0.1, 0.15) is 61.1 Å². The number of rotatable bonds is 3. The second-order valence-corrected chi connectivity index (χ2v) is 9.02. The van der Waals surface area contributed by atoms with Gasteiger partial charge < -0.3 is 14.6 Å². The first kappa shape index (κ1) is 19.5. The quantitative estimate of drug-likeness (QED) is 0.735. The van der Waals surface area contributed by atoms with Crippen LogP contribution in [0.4, 0.5) is 0 Å². The molecule has 1 aromatic carbocycles. The third-order valence-corrected chi connectivity index (χ3v) is 6.69. The van der Waals surface area contributed by atoms with Gasteiger partial charge in [-0.15, -0.1) is 0 Å². The minimum atomic E-state index is -0.0538. The Morgan fingerprint density at radius 3 is 2.54 bits per heavy atom. The van der Waals surface area contributed by atoms with Crippen LogP contribution >= 0.6 is 15.9 Å². The maximum Gasteiger partial charge on any atom is 0.289 e. The van der Waals surface area contributed by atoms with E-state index in [2.05, 4.69) is 21.2 Å². The van der Waals surface area contributed by atoms with Crippen LogP contribution in [0.25, 0.3) is 11.0 Å². The van der Waals surface area contributed by atoms with Gasteiger partial charge in [-0.2, -0.15) is 0 Å². The van der Waals surface area contributed by atoms with E-state index < -0.39 is 0 Å². The number of fused-ring (bicyclic) bond motifs is 1. The van der Waals surface area contributed by atoms with Gasteiger partial charge in [-0.05, 0) is 50.8 Å². The second kappa shape index (κ2) is 8.27. The standard InChI is InChI=1S/C22H27BrN2O3/c1-14-18-13-16(23)7-8-19(18)28-20(14)22(27)25-11-9-17(10-12-25)24-21(26)15-5-3-2-4-6-15/h7-8,13,15,17H,2-6,9-12H2,1H3,(H,24,26). The van der Waals surface area contributed by atoms with Crippen molar-refractivity contribution in [2.75, 3.05) is 13.1 Å². The van der Waals surface area contributed by atoms with E-state index in [-0.39, 0.29) is 23.8 Å². The molecular formula is C22H27BrN2O3. The lowest BCUT2D eigenvalue weighted by Gasteiger charge is -2.33. The molecule has 1 aliphatic heterocycles. The summed E-state index contributed by atoms with van der Waals surface area (Å²) in [4.78, 5) is 27.3. The number of halogens is 1. The second-order valence-electron chi connectivity index (χ2n) is 8.11. The summed E-state index contributed by atoms with van der Waals surface area (Å²) in [6, 6.07) is 5.96. The molecule has 1 aliphatic carbocycles. The fourth-order valence-electron chi connectivity index (χ4n) is 4.45. The van der Waals surface area contributed by atoms with Crippen molar-refractivity contribution in [1.29, 1.82) is 0 Å². The molecule has 0 spiro atoms. The highest BCUT2D eigenvalue weighted by Crippen LogP contribution is 2.29. The first-order chi connectivity index (χ1) is 13.5. The number of benzene rings is 1. The lowest BCUT2D eigenvalue weighted by atomic mass is 9.88. The number of carbonyl (C=O) groups is 2. The normalized spacial score (nSPS) is 19.1. The minimum absolute atomic E-state index is 0.0538. The molecule has 4 rings (SSSR count). The zero-order chi connectivity index (χ0) is 19.7. The molecule has 1 saturated carbocycles. The smallest absolute Gasteiger partial charge is 0.289 e. The Hall–Kier alpha value is -1.82. The Morgan fingerprint density at radius 1 is 1.11 bits per heavy atom. The van der Waals surface area contributed by atoms with Gasteiger partial charge in [0.2, 0.25) is 5.91 Å². The fraction of sp³-hybridized carbons (Fsp3) is 0.545. The molecule has 150 valence electrons. The molecule has 0 unspecified atom stereocenters. The Bertz CT molecular complexity index is 877. The highest BCUT2D eigenvalue weighted by molar-refractivity contribution is 9.10. The number of furan rings is 1. The van der Waals surface area contributed by atoms with Crippen molar-refractivity contribution < 1.29 is 14.0 Å². The lowest BCUT2D eigenvalue weighted by Crippen LogP contribution is -2.48. The Morgan fingerprint density at radius 2 is 1.82 bits per heavy atom. The summed E-state index contributed by atoms with van der Waals surface area (Å²) < 4.78 is 6.83. The van der Waals surface area contributed by atoms with Crippen molar-refractivity contribution in [3.63, 3.8) is 0 Å². The zero-order valence-electron chi connectivity index (χ0n) is 16.3. The maximum absolute atomic E-state index is 13.0. The predicted octanol–water partition coefficient (Wildman–Crippen LogP) is 4.80. The van der Waals surface area contributed by atoms with Gasteiger partial charge in [0.15, 0.2) is 5.76 Å². The number of hydrogen-bond donors (Lipinski definition) is 1.